The van der Waals surface area contributed by atoms with Crippen LogP contribution in [0.1, 0.15) is 46.3 Å². The molecule has 2 aromatic carbocycles. The van der Waals surface area contributed by atoms with Gasteiger partial charge in [0.1, 0.15) is 11.6 Å². The number of hydrogen-bond donors (Lipinski definition) is 2. The standard InChI is InChI=1S/C29H37N3O4/c1-20-16-21(2)26(35-4)17-25(20)27(33)30-22(3)32-13-11-29(12-14-32,18-23-8-6-5-7-9-23)28(34)31-24-10-15-36-19-24/h5-9,16-17,24H,3,10-15,18-19H2,1-2,4H3,(H,30,33)(H,31,34). The molecular weight excluding hydrogens is 454 g/mol. The third kappa shape index (κ3) is 5.73. The smallest absolute Gasteiger partial charge is 0.257 e. The summed E-state index contributed by atoms with van der Waals surface area (Å²) in [6.07, 6.45) is 2.88. The number of hydrogen-bond acceptors (Lipinski definition) is 5. The quantitative estimate of drug-likeness (QED) is 0.588. The van der Waals surface area contributed by atoms with Crippen molar-refractivity contribution in [3.63, 3.8) is 0 Å². The van der Waals surface area contributed by atoms with Crippen LogP contribution in [0.2, 0.25) is 0 Å². The van der Waals surface area contributed by atoms with Crippen LogP contribution < -0.4 is 15.4 Å². The molecule has 1 atom stereocenters. The summed E-state index contributed by atoms with van der Waals surface area (Å²) >= 11 is 0. The molecule has 0 spiro atoms. The van der Waals surface area contributed by atoms with Gasteiger partial charge < -0.3 is 25.0 Å². The van der Waals surface area contributed by atoms with Gasteiger partial charge in [-0.2, -0.15) is 0 Å². The third-order valence-electron chi connectivity index (χ3n) is 7.48. The number of methoxy groups -OCH3 is 1. The Hall–Kier alpha value is -3.32. The van der Waals surface area contributed by atoms with Crippen molar-refractivity contribution >= 4 is 11.8 Å². The fourth-order valence-electron chi connectivity index (χ4n) is 5.24. The van der Waals surface area contributed by atoms with E-state index in [1.807, 2.05) is 38.1 Å². The number of piperidine rings is 1. The molecule has 2 aromatic rings. The second-order valence-corrected chi connectivity index (χ2v) is 10.0. The Kier molecular flexibility index (Phi) is 7.99. The van der Waals surface area contributed by atoms with Crippen LogP contribution in [0.3, 0.4) is 0 Å². The number of amides is 2. The van der Waals surface area contributed by atoms with Crippen molar-refractivity contribution in [3.8, 4) is 5.75 Å². The molecule has 36 heavy (non-hydrogen) atoms. The summed E-state index contributed by atoms with van der Waals surface area (Å²) in [7, 11) is 1.60. The van der Waals surface area contributed by atoms with Gasteiger partial charge in [0.05, 0.1) is 25.2 Å². The summed E-state index contributed by atoms with van der Waals surface area (Å²) in [5.74, 6) is 1.12. The van der Waals surface area contributed by atoms with Crippen LogP contribution in [0.15, 0.2) is 54.9 Å². The van der Waals surface area contributed by atoms with Crippen LogP contribution in [-0.2, 0) is 16.0 Å². The minimum absolute atomic E-state index is 0.0761. The van der Waals surface area contributed by atoms with Gasteiger partial charge in [0.2, 0.25) is 5.91 Å². The maximum atomic E-state index is 13.6. The number of benzene rings is 2. The monoisotopic (exact) mass is 491 g/mol. The van der Waals surface area contributed by atoms with Crippen LogP contribution in [0.4, 0.5) is 0 Å². The van der Waals surface area contributed by atoms with Gasteiger partial charge in [-0.25, -0.2) is 0 Å². The number of ether oxygens (including phenoxy) is 2. The second-order valence-electron chi connectivity index (χ2n) is 10.0. The molecule has 0 radical (unpaired) electrons. The zero-order valence-electron chi connectivity index (χ0n) is 21.6. The van der Waals surface area contributed by atoms with E-state index in [1.54, 1.807) is 13.2 Å². The molecule has 2 heterocycles. The third-order valence-corrected chi connectivity index (χ3v) is 7.48. The van der Waals surface area contributed by atoms with Crippen molar-refractivity contribution < 1.29 is 19.1 Å². The summed E-state index contributed by atoms with van der Waals surface area (Å²) < 4.78 is 10.9. The lowest BCUT2D eigenvalue weighted by molar-refractivity contribution is -0.134. The van der Waals surface area contributed by atoms with Gasteiger partial charge in [-0.15, -0.1) is 0 Å². The highest BCUT2D eigenvalue weighted by molar-refractivity contribution is 5.97. The Morgan fingerprint density at radius 2 is 1.86 bits per heavy atom. The van der Waals surface area contributed by atoms with E-state index >= 15 is 0 Å². The minimum Gasteiger partial charge on any atom is -0.496 e. The van der Waals surface area contributed by atoms with Crippen molar-refractivity contribution in [1.29, 1.82) is 0 Å². The lowest BCUT2D eigenvalue weighted by Gasteiger charge is -2.42. The lowest BCUT2D eigenvalue weighted by Crippen LogP contribution is -2.53. The van der Waals surface area contributed by atoms with E-state index in [1.165, 1.54) is 0 Å². The molecule has 1 unspecified atom stereocenters. The summed E-state index contributed by atoms with van der Waals surface area (Å²) in [5.41, 5.74) is 3.07. The summed E-state index contributed by atoms with van der Waals surface area (Å²) in [4.78, 5) is 28.7. The highest BCUT2D eigenvalue weighted by Crippen LogP contribution is 2.37. The number of carbonyl (C=O) groups is 2. The molecule has 0 saturated carbocycles. The maximum Gasteiger partial charge on any atom is 0.257 e. The number of carbonyl (C=O) groups excluding carboxylic acids is 2. The number of likely N-dealkylation sites (tertiary alicyclic amines) is 1. The number of nitrogens with zero attached hydrogens (tertiary/aromatic N) is 1. The number of rotatable bonds is 8. The van der Waals surface area contributed by atoms with Crippen LogP contribution in [-0.4, -0.2) is 56.2 Å². The van der Waals surface area contributed by atoms with Gasteiger partial charge in [0, 0.05) is 25.3 Å². The van der Waals surface area contributed by atoms with Crippen molar-refractivity contribution in [2.24, 2.45) is 5.41 Å². The Balaban J connectivity index is 1.43. The average molecular weight is 492 g/mol. The van der Waals surface area contributed by atoms with Gasteiger partial charge >= 0.3 is 0 Å². The predicted molar refractivity (Wildman–Crippen MR) is 140 cm³/mol. The molecule has 192 valence electrons. The van der Waals surface area contributed by atoms with Crippen molar-refractivity contribution in [2.75, 3.05) is 33.4 Å². The maximum absolute atomic E-state index is 13.6. The second kappa shape index (κ2) is 11.2. The van der Waals surface area contributed by atoms with E-state index in [4.69, 9.17) is 9.47 Å². The molecule has 7 nitrogen and oxygen atoms in total. The first-order valence-electron chi connectivity index (χ1n) is 12.6. The van der Waals surface area contributed by atoms with Crippen molar-refractivity contribution in [3.05, 3.63) is 77.1 Å². The predicted octanol–water partition coefficient (Wildman–Crippen LogP) is 3.74. The van der Waals surface area contributed by atoms with E-state index in [9.17, 15) is 9.59 Å². The Morgan fingerprint density at radius 1 is 1.14 bits per heavy atom. The topological polar surface area (TPSA) is 79.9 Å². The highest BCUT2D eigenvalue weighted by Gasteiger charge is 2.42. The molecular formula is C29H37N3O4. The first-order chi connectivity index (χ1) is 17.3. The van der Waals surface area contributed by atoms with Crippen LogP contribution in [0.5, 0.6) is 5.75 Å². The van der Waals surface area contributed by atoms with Gasteiger partial charge in [-0.05, 0) is 62.3 Å². The first kappa shape index (κ1) is 25.8. The van der Waals surface area contributed by atoms with E-state index in [2.05, 4.69) is 34.2 Å². The van der Waals surface area contributed by atoms with E-state index in [-0.39, 0.29) is 17.9 Å². The first-order valence-corrected chi connectivity index (χ1v) is 12.6. The van der Waals surface area contributed by atoms with E-state index in [0.29, 0.717) is 62.7 Å². The fourth-order valence-corrected chi connectivity index (χ4v) is 5.24. The molecule has 0 aliphatic carbocycles. The zero-order chi connectivity index (χ0) is 25.7. The molecule has 2 amide bonds. The Bertz CT molecular complexity index is 1100. The summed E-state index contributed by atoms with van der Waals surface area (Å²) in [5, 5.41) is 6.20. The van der Waals surface area contributed by atoms with Crippen molar-refractivity contribution in [1.82, 2.24) is 15.5 Å². The Labute approximate surface area is 213 Å². The zero-order valence-corrected chi connectivity index (χ0v) is 21.6. The van der Waals surface area contributed by atoms with Gasteiger partial charge in [0.25, 0.3) is 5.91 Å². The molecule has 4 rings (SSSR count). The van der Waals surface area contributed by atoms with Crippen LogP contribution in [0, 0.1) is 19.3 Å². The van der Waals surface area contributed by atoms with Crippen LogP contribution in [0.25, 0.3) is 0 Å². The van der Waals surface area contributed by atoms with Gasteiger partial charge in [-0.1, -0.05) is 43.0 Å². The lowest BCUT2D eigenvalue weighted by atomic mass is 9.72. The van der Waals surface area contributed by atoms with E-state index < -0.39 is 5.41 Å². The number of aryl methyl sites for hydroxylation is 2. The average Bonchev–Trinajstić information content (AvgIpc) is 3.38. The minimum atomic E-state index is -0.508. The molecule has 0 aromatic heterocycles. The Morgan fingerprint density at radius 3 is 2.50 bits per heavy atom. The van der Waals surface area contributed by atoms with Crippen molar-refractivity contribution in [2.45, 2.75) is 45.6 Å². The summed E-state index contributed by atoms with van der Waals surface area (Å²) in [6, 6.07) is 14.0. The molecule has 2 aliphatic rings. The highest BCUT2D eigenvalue weighted by atomic mass is 16.5. The molecule has 2 saturated heterocycles. The molecule has 2 fully saturated rings. The molecule has 2 N–H and O–H groups in total. The van der Waals surface area contributed by atoms with E-state index in [0.717, 1.165) is 23.1 Å². The SMILES string of the molecule is C=C(NC(=O)c1cc(OC)c(C)cc1C)N1CCC(Cc2ccccc2)(C(=O)NC2CCOC2)CC1. The molecule has 7 heteroatoms. The number of nitrogens with one attached hydrogen (secondary N) is 2. The molecule has 0 bridgehead atoms. The van der Waals surface area contributed by atoms with Crippen LogP contribution >= 0.6 is 0 Å². The van der Waals surface area contributed by atoms with Gasteiger partial charge in [-0.3, -0.25) is 9.59 Å². The van der Waals surface area contributed by atoms with Gasteiger partial charge in [0.15, 0.2) is 0 Å². The largest absolute Gasteiger partial charge is 0.496 e. The molecule has 2 aliphatic heterocycles. The summed E-state index contributed by atoms with van der Waals surface area (Å²) in [6.45, 7) is 10.5. The normalized spacial score (nSPS) is 19.0. The fraction of sp³-hybridized carbons (Fsp3) is 0.448.